The number of ether oxygens (including phenoxy) is 1. The summed E-state index contributed by atoms with van der Waals surface area (Å²) in [5.74, 6) is 0.601. The molecule has 0 aromatic carbocycles. The van der Waals surface area contributed by atoms with E-state index in [-0.39, 0.29) is 5.88 Å². The van der Waals surface area contributed by atoms with Gasteiger partial charge in [0.25, 0.3) is 0 Å². The van der Waals surface area contributed by atoms with Crippen molar-refractivity contribution in [1.29, 1.82) is 0 Å². The highest BCUT2D eigenvalue weighted by molar-refractivity contribution is 5.61. The lowest BCUT2D eigenvalue weighted by Crippen LogP contribution is -2.22. The highest BCUT2D eigenvalue weighted by Crippen LogP contribution is 2.23. The first-order chi connectivity index (χ1) is 14.0. The maximum absolute atomic E-state index is 12.4. The molecule has 0 radical (unpaired) electrons. The van der Waals surface area contributed by atoms with Crippen LogP contribution in [-0.4, -0.2) is 51.3 Å². The number of hydrogen-bond donors (Lipinski definition) is 2. The number of anilines is 1. The molecule has 156 valence electrons. The van der Waals surface area contributed by atoms with Gasteiger partial charge >= 0.3 is 6.18 Å². The molecule has 0 bridgehead atoms. The van der Waals surface area contributed by atoms with Crippen LogP contribution in [0.5, 0.6) is 5.88 Å². The highest BCUT2D eigenvalue weighted by atomic mass is 19.4. The van der Waals surface area contributed by atoms with Crippen molar-refractivity contribution in [2.24, 2.45) is 0 Å². The third-order valence-electron chi connectivity index (χ3n) is 4.18. The SMILES string of the molecule is CC.FC(F)(F)COc1cn2c(-c3cccc(NC4CCNC4)n3)cnc2cn1. The Morgan fingerprint density at radius 3 is 2.79 bits per heavy atom. The molecule has 0 aliphatic carbocycles. The number of halogens is 3. The molecule has 3 aromatic heterocycles. The number of rotatable bonds is 5. The largest absolute Gasteiger partial charge is 0.467 e. The molecule has 2 N–H and O–H groups in total. The molecule has 0 spiro atoms. The predicted octanol–water partition coefficient (Wildman–Crippen LogP) is 3.53. The van der Waals surface area contributed by atoms with Crippen LogP contribution in [0.25, 0.3) is 17.0 Å². The second kappa shape index (κ2) is 9.08. The van der Waals surface area contributed by atoms with E-state index in [1.54, 1.807) is 10.6 Å². The van der Waals surface area contributed by atoms with Crippen molar-refractivity contribution in [2.75, 3.05) is 25.0 Å². The summed E-state index contributed by atoms with van der Waals surface area (Å²) in [7, 11) is 0. The van der Waals surface area contributed by atoms with Crippen LogP contribution < -0.4 is 15.4 Å². The van der Waals surface area contributed by atoms with Gasteiger partial charge in [0.2, 0.25) is 5.88 Å². The number of alkyl halides is 3. The molecular weight excluding hydrogens is 385 g/mol. The molecule has 1 atom stereocenters. The summed E-state index contributed by atoms with van der Waals surface area (Å²) in [6, 6.07) is 5.89. The number of aromatic nitrogens is 4. The minimum absolute atomic E-state index is 0.134. The summed E-state index contributed by atoms with van der Waals surface area (Å²) in [4.78, 5) is 12.7. The van der Waals surface area contributed by atoms with Gasteiger partial charge in [-0.1, -0.05) is 19.9 Å². The van der Waals surface area contributed by atoms with Gasteiger partial charge in [-0.25, -0.2) is 15.0 Å². The predicted molar refractivity (Wildman–Crippen MR) is 104 cm³/mol. The van der Waals surface area contributed by atoms with Gasteiger partial charge in [0.15, 0.2) is 12.3 Å². The van der Waals surface area contributed by atoms with Gasteiger partial charge in [0, 0.05) is 12.6 Å². The molecule has 0 saturated carbocycles. The van der Waals surface area contributed by atoms with E-state index in [9.17, 15) is 13.2 Å². The molecule has 4 rings (SSSR count). The monoisotopic (exact) mass is 408 g/mol. The smallest absolute Gasteiger partial charge is 0.422 e. The molecule has 4 heterocycles. The lowest BCUT2D eigenvalue weighted by molar-refractivity contribution is -0.154. The lowest BCUT2D eigenvalue weighted by atomic mass is 10.2. The normalized spacial score (nSPS) is 16.4. The second-order valence-corrected chi connectivity index (χ2v) is 6.24. The minimum atomic E-state index is -4.43. The Labute approximate surface area is 166 Å². The average molecular weight is 408 g/mol. The van der Waals surface area contributed by atoms with Crippen LogP contribution in [0.3, 0.4) is 0 Å². The number of imidazole rings is 1. The van der Waals surface area contributed by atoms with Gasteiger partial charge in [-0.3, -0.25) is 4.40 Å². The number of nitrogens with one attached hydrogen (secondary N) is 2. The zero-order valence-electron chi connectivity index (χ0n) is 16.2. The van der Waals surface area contributed by atoms with Gasteiger partial charge in [-0.2, -0.15) is 13.2 Å². The Morgan fingerprint density at radius 2 is 2.07 bits per heavy atom. The summed E-state index contributed by atoms with van der Waals surface area (Å²) >= 11 is 0. The summed E-state index contributed by atoms with van der Waals surface area (Å²) in [6.07, 6.45) is 0.944. The van der Waals surface area contributed by atoms with Crippen LogP contribution in [0.4, 0.5) is 19.0 Å². The van der Waals surface area contributed by atoms with Gasteiger partial charge < -0.3 is 15.4 Å². The molecule has 7 nitrogen and oxygen atoms in total. The molecule has 1 fully saturated rings. The molecule has 1 aliphatic heterocycles. The average Bonchev–Trinajstić information content (AvgIpc) is 3.37. The first kappa shape index (κ1) is 20.8. The lowest BCUT2D eigenvalue weighted by Gasteiger charge is -2.13. The highest BCUT2D eigenvalue weighted by Gasteiger charge is 2.28. The van der Waals surface area contributed by atoms with Crippen LogP contribution in [0.1, 0.15) is 20.3 Å². The van der Waals surface area contributed by atoms with Crippen molar-refractivity contribution >= 4 is 11.5 Å². The Hall–Kier alpha value is -2.88. The Bertz CT molecular complexity index is 937. The van der Waals surface area contributed by atoms with Crippen molar-refractivity contribution in [1.82, 2.24) is 24.7 Å². The topological polar surface area (TPSA) is 76.4 Å². The fourth-order valence-corrected chi connectivity index (χ4v) is 2.94. The zero-order valence-corrected chi connectivity index (χ0v) is 16.2. The minimum Gasteiger partial charge on any atom is -0.467 e. The zero-order chi connectivity index (χ0) is 20.9. The van der Waals surface area contributed by atoms with Crippen molar-refractivity contribution in [3.05, 3.63) is 36.8 Å². The molecule has 1 unspecified atom stereocenters. The third kappa shape index (κ3) is 5.35. The second-order valence-electron chi connectivity index (χ2n) is 6.24. The van der Waals surface area contributed by atoms with Crippen molar-refractivity contribution in [2.45, 2.75) is 32.5 Å². The Morgan fingerprint density at radius 1 is 1.24 bits per heavy atom. The van der Waals surface area contributed by atoms with Crippen LogP contribution in [-0.2, 0) is 0 Å². The number of fused-ring (bicyclic) bond motifs is 1. The van der Waals surface area contributed by atoms with Crippen molar-refractivity contribution < 1.29 is 17.9 Å². The fourth-order valence-electron chi connectivity index (χ4n) is 2.94. The quantitative estimate of drug-likeness (QED) is 0.673. The van der Waals surface area contributed by atoms with E-state index in [0.29, 0.717) is 23.1 Å². The maximum atomic E-state index is 12.4. The maximum Gasteiger partial charge on any atom is 0.422 e. The van der Waals surface area contributed by atoms with Gasteiger partial charge in [-0.05, 0) is 25.1 Å². The molecule has 1 aliphatic rings. The first-order valence-corrected chi connectivity index (χ1v) is 9.45. The first-order valence-electron chi connectivity index (χ1n) is 9.45. The van der Waals surface area contributed by atoms with Crippen LogP contribution >= 0.6 is 0 Å². The summed E-state index contributed by atoms with van der Waals surface area (Å²) in [5, 5.41) is 6.66. The third-order valence-corrected chi connectivity index (χ3v) is 4.18. The van der Waals surface area contributed by atoms with E-state index in [0.717, 1.165) is 25.3 Å². The van der Waals surface area contributed by atoms with Crippen molar-refractivity contribution in [3.63, 3.8) is 0 Å². The molecule has 29 heavy (non-hydrogen) atoms. The standard InChI is InChI=1S/C17H17F3N6O.C2H6/c18-17(19,20)10-27-16-9-26-13(7-22-15(26)8-23-16)12-2-1-3-14(25-12)24-11-4-5-21-6-11;1-2/h1-3,7-9,11,21H,4-6,10H2,(H,24,25);1-2H3. The Balaban J connectivity index is 0.00000117. The van der Waals surface area contributed by atoms with Gasteiger partial charge in [-0.15, -0.1) is 0 Å². The van der Waals surface area contributed by atoms with Crippen molar-refractivity contribution in [3.8, 4) is 17.3 Å². The van der Waals surface area contributed by atoms with E-state index in [4.69, 9.17) is 4.74 Å². The summed E-state index contributed by atoms with van der Waals surface area (Å²) in [6.45, 7) is 4.45. The fraction of sp³-hybridized carbons (Fsp3) is 0.421. The summed E-state index contributed by atoms with van der Waals surface area (Å²) < 4.78 is 43.4. The Kier molecular flexibility index (Phi) is 6.53. The van der Waals surface area contributed by atoms with Crippen LogP contribution in [0, 0.1) is 0 Å². The number of hydrogen-bond acceptors (Lipinski definition) is 6. The van der Waals surface area contributed by atoms with E-state index in [2.05, 4.69) is 25.6 Å². The van der Waals surface area contributed by atoms with Crippen LogP contribution in [0.15, 0.2) is 36.8 Å². The molecule has 10 heteroatoms. The van der Waals surface area contributed by atoms with Gasteiger partial charge in [0.1, 0.15) is 5.82 Å². The number of pyridine rings is 1. The van der Waals surface area contributed by atoms with Crippen LogP contribution in [0.2, 0.25) is 0 Å². The summed E-state index contributed by atoms with van der Waals surface area (Å²) in [5.41, 5.74) is 1.77. The van der Waals surface area contributed by atoms with E-state index >= 15 is 0 Å². The number of nitrogens with zero attached hydrogens (tertiary/aromatic N) is 4. The van der Waals surface area contributed by atoms with E-state index in [1.807, 2.05) is 32.0 Å². The molecule has 3 aromatic rings. The molecular formula is C19H23F3N6O. The van der Waals surface area contributed by atoms with E-state index < -0.39 is 12.8 Å². The van der Waals surface area contributed by atoms with Gasteiger partial charge in [0.05, 0.1) is 30.0 Å². The molecule has 0 amide bonds. The van der Waals surface area contributed by atoms with E-state index in [1.165, 1.54) is 12.4 Å². The molecule has 1 saturated heterocycles.